The summed E-state index contributed by atoms with van der Waals surface area (Å²) in [6, 6.07) is 7.93. The van der Waals surface area contributed by atoms with Gasteiger partial charge in [0.25, 0.3) is 0 Å². The Morgan fingerprint density at radius 1 is 1.30 bits per heavy atom. The van der Waals surface area contributed by atoms with E-state index >= 15 is 0 Å². The van der Waals surface area contributed by atoms with Gasteiger partial charge in [0.05, 0.1) is 17.8 Å². The van der Waals surface area contributed by atoms with E-state index in [1.165, 1.54) is 18.4 Å². The highest BCUT2D eigenvalue weighted by molar-refractivity contribution is 5.54. The highest BCUT2D eigenvalue weighted by Gasteiger charge is 2.15. The average molecular weight is 265 g/mol. The number of nitriles is 1. The summed E-state index contributed by atoms with van der Waals surface area (Å²) in [7, 11) is 0. The molecular formula is C15H15N5. The lowest BCUT2D eigenvalue weighted by Gasteiger charge is -2.17. The summed E-state index contributed by atoms with van der Waals surface area (Å²) in [4.78, 5) is 4.62. The summed E-state index contributed by atoms with van der Waals surface area (Å²) >= 11 is 0. The molecule has 20 heavy (non-hydrogen) atoms. The highest BCUT2D eigenvalue weighted by Crippen LogP contribution is 2.24. The molecule has 5 heteroatoms. The van der Waals surface area contributed by atoms with Gasteiger partial charge in [0.2, 0.25) is 0 Å². The Labute approximate surface area is 117 Å². The third kappa shape index (κ3) is 2.59. The number of nitrogens with zero attached hydrogens (tertiary/aromatic N) is 4. The summed E-state index contributed by atoms with van der Waals surface area (Å²) < 4.78 is 0. The molecule has 2 heterocycles. The van der Waals surface area contributed by atoms with Gasteiger partial charge in [-0.25, -0.2) is 4.98 Å². The number of rotatable bonds is 3. The molecule has 0 unspecified atom stereocenters. The minimum atomic E-state index is 0.522. The van der Waals surface area contributed by atoms with E-state index in [4.69, 9.17) is 0 Å². The van der Waals surface area contributed by atoms with Gasteiger partial charge >= 0.3 is 0 Å². The fourth-order valence-corrected chi connectivity index (χ4v) is 2.46. The van der Waals surface area contributed by atoms with E-state index in [1.54, 1.807) is 6.20 Å². The van der Waals surface area contributed by atoms with Crippen LogP contribution in [0.2, 0.25) is 0 Å². The van der Waals surface area contributed by atoms with E-state index < -0.39 is 0 Å². The van der Waals surface area contributed by atoms with Crippen LogP contribution in [0.3, 0.4) is 0 Å². The van der Waals surface area contributed by atoms with Gasteiger partial charge in [0.1, 0.15) is 11.9 Å². The molecule has 0 saturated heterocycles. The molecule has 5 nitrogen and oxygen atoms in total. The molecule has 2 aromatic heterocycles. The SMILES string of the molecule is N#Cc1cc2c(nc1NCc1cccnn1)CCCC2. The number of aromatic nitrogens is 3. The van der Waals surface area contributed by atoms with Crippen LogP contribution in [0, 0.1) is 11.3 Å². The number of aryl methyl sites for hydroxylation is 2. The lowest BCUT2D eigenvalue weighted by molar-refractivity contribution is 0.668. The molecule has 0 aromatic carbocycles. The second-order valence-electron chi connectivity index (χ2n) is 4.88. The van der Waals surface area contributed by atoms with E-state index in [9.17, 15) is 5.26 Å². The summed E-state index contributed by atoms with van der Waals surface area (Å²) in [5.74, 6) is 0.652. The molecule has 1 N–H and O–H groups in total. The van der Waals surface area contributed by atoms with Crippen molar-refractivity contribution >= 4 is 5.82 Å². The molecule has 0 spiro atoms. The van der Waals surface area contributed by atoms with Crippen LogP contribution in [0.1, 0.15) is 35.4 Å². The third-order valence-corrected chi connectivity index (χ3v) is 3.49. The van der Waals surface area contributed by atoms with Gasteiger partial charge in [-0.15, -0.1) is 0 Å². The van der Waals surface area contributed by atoms with Crippen molar-refractivity contribution in [1.82, 2.24) is 15.2 Å². The fraction of sp³-hybridized carbons (Fsp3) is 0.333. The minimum absolute atomic E-state index is 0.522. The lowest BCUT2D eigenvalue weighted by atomic mass is 9.95. The largest absolute Gasteiger partial charge is 0.363 e. The first-order chi connectivity index (χ1) is 9.86. The van der Waals surface area contributed by atoms with E-state index in [-0.39, 0.29) is 0 Å². The minimum Gasteiger partial charge on any atom is -0.363 e. The van der Waals surface area contributed by atoms with Crippen molar-refractivity contribution in [3.05, 3.63) is 46.9 Å². The van der Waals surface area contributed by atoms with Crippen LogP contribution in [-0.4, -0.2) is 15.2 Å². The number of hydrogen-bond acceptors (Lipinski definition) is 5. The Morgan fingerprint density at radius 3 is 3.00 bits per heavy atom. The van der Waals surface area contributed by atoms with Crippen molar-refractivity contribution in [2.24, 2.45) is 0 Å². The number of anilines is 1. The first kappa shape index (κ1) is 12.5. The van der Waals surface area contributed by atoms with E-state index in [0.29, 0.717) is 17.9 Å². The zero-order chi connectivity index (χ0) is 13.8. The third-order valence-electron chi connectivity index (χ3n) is 3.49. The second-order valence-corrected chi connectivity index (χ2v) is 4.88. The quantitative estimate of drug-likeness (QED) is 0.921. The van der Waals surface area contributed by atoms with E-state index in [0.717, 1.165) is 24.2 Å². The van der Waals surface area contributed by atoms with Gasteiger partial charge in [-0.2, -0.15) is 15.5 Å². The highest BCUT2D eigenvalue weighted by atomic mass is 15.1. The van der Waals surface area contributed by atoms with Gasteiger partial charge < -0.3 is 5.32 Å². The van der Waals surface area contributed by atoms with Gasteiger partial charge in [-0.1, -0.05) is 0 Å². The summed E-state index contributed by atoms with van der Waals surface area (Å²) in [6.07, 6.45) is 6.03. The molecule has 0 radical (unpaired) electrons. The molecule has 0 fully saturated rings. The normalized spacial score (nSPS) is 13.3. The molecule has 3 rings (SSSR count). The first-order valence-electron chi connectivity index (χ1n) is 6.80. The van der Waals surface area contributed by atoms with Gasteiger partial charge in [-0.05, 0) is 49.4 Å². The Balaban J connectivity index is 1.83. The number of fused-ring (bicyclic) bond motifs is 1. The van der Waals surface area contributed by atoms with Crippen molar-refractivity contribution in [3.63, 3.8) is 0 Å². The van der Waals surface area contributed by atoms with Crippen molar-refractivity contribution in [2.45, 2.75) is 32.2 Å². The monoisotopic (exact) mass is 265 g/mol. The predicted octanol–water partition coefficient (Wildman–Crippen LogP) is 2.23. The zero-order valence-corrected chi connectivity index (χ0v) is 11.1. The van der Waals surface area contributed by atoms with Gasteiger partial charge in [0, 0.05) is 11.9 Å². The van der Waals surface area contributed by atoms with Crippen LogP contribution < -0.4 is 5.32 Å². The Morgan fingerprint density at radius 2 is 2.20 bits per heavy atom. The topological polar surface area (TPSA) is 74.5 Å². The molecule has 2 aromatic rings. The van der Waals surface area contributed by atoms with Crippen LogP contribution in [0.25, 0.3) is 0 Å². The Kier molecular flexibility index (Phi) is 3.55. The average Bonchev–Trinajstić information content (AvgIpc) is 2.53. The van der Waals surface area contributed by atoms with Crippen LogP contribution in [0.5, 0.6) is 0 Å². The number of pyridine rings is 1. The summed E-state index contributed by atoms with van der Waals surface area (Å²) in [6.45, 7) is 0.522. The van der Waals surface area contributed by atoms with Crippen LogP contribution in [0.15, 0.2) is 24.4 Å². The molecule has 0 bridgehead atoms. The van der Waals surface area contributed by atoms with Crippen LogP contribution in [-0.2, 0) is 19.4 Å². The predicted molar refractivity (Wildman–Crippen MR) is 75.0 cm³/mol. The van der Waals surface area contributed by atoms with Crippen LogP contribution in [0.4, 0.5) is 5.82 Å². The van der Waals surface area contributed by atoms with E-state index in [2.05, 4.69) is 26.6 Å². The Bertz CT molecular complexity index is 645. The van der Waals surface area contributed by atoms with Crippen molar-refractivity contribution < 1.29 is 0 Å². The molecule has 1 aliphatic rings. The Hall–Kier alpha value is -2.48. The maximum absolute atomic E-state index is 9.26. The number of nitrogens with one attached hydrogen (secondary N) is 1. The molecule has 0 saturated carbocycles. The molecule has 0 atom stereocenters. The standard InChI is InChI=1S/C15H15N5/c16-9-12-8-11-4-1-2-6-14(11)19-15(12)17-10-13-5-3-7-18-20-13/h3,5,7-8H,1-2,4,6,10H2,(H,17,19). The van der Waals surface area contributed by atoms with Crippen molar-refractivity contribution in [3.8, 4) is 6.07 Å². The van der Waals surface area contributed by atoms with Gasteiger partial charge in [0.15, 0.2) is 0 Å². The van der Waals surface area contributed by atoms with E-state index in [1.807, 2.05) is 18.2 Å². The van der Waals surface area contributed by atoms with Crippen molar-refractivity contribution in [1.29, 1.82) is 5.26 Å². The molecular weight excluding hydrogens is 250 g/mol. The molecule has 100 valence electrons. The maximum Gasteiger partial charge on any atom is 0.144 e. The fourth-order valence-electron chi connectivity index (χ4n) is 2.46. The lowest BCUT2D eigenvalue weighted by Crippen LogP contribution is -2.11. The summed E-state index contributed by atoms with van der Waals surface area (Å²) in [5.41, 5.74) is 3.78. The smallest absolute Gasteiger partial charge is 0.144 e. The zero-order valence-electron chi connectivity index (χ0n) is 11.1. The molecule has 0 amide bonds. The molecule has 0 aliphatic heterocycles. The summed E-state index contributed by atoms with van der Waals surface area (Å²) in [5, 5.41) is 20.3. The van der Waals surface area contributed by atoms with Crippen LogP contribution >= 0.6 is 0 Å². The maximum atomic E-state index is 9.26. The van der Waals surface area contributed by atoms with Crippen molar-refractivity contribution in [2.75, 3.05) is 5.32 Å². The van der Waals surface area contributed by atoms with Gasteiger partial charge in [-0.3, -0.25) is 0 Å². The first-order valence-corrected chi connectivity index (χ1v) is 6.80. The second kappa shape index (κ2) is 5.66. The number of hydrogen-bond donors (Lipinski definition) is 1. The molecule has 1 aliphatic carbocycles.